The summed E-state index contributed by atoms with van der Waals surface area (Å²) in [4.78, 5) is 0.487. The topological polar surface area (TPSA) is 25.8 Å². The van der Waals surface area contributed by atoms with Crippen LogP contribution in [-0.4, -0.2) is 9.59 Å². The summed E-state index contributed by atoms with van der Waals surface area (Å²) in [5.41, 5.74) is -0.303. The van der Waals surface area contributed by atoms with Crippen molar-refractivity contribution in [2.24, 2.45) is 0 Å². The number of hydrogen-bond acceptors (Lipinski definition) is 4. The lowest BCUT2D eigenvalue weighted by atomic mass is 10.1. The minimum absolute atomic E-state index is 0.226. The van der Waals surface area contributed by atoms with Gasteiger partial charge in [-0.2, -0.15) is 18.3 Å². The van der Waals surface area contributed by atoms with Gasteiger partial charge in [0.15, 0.2) is 0 Å². The van der Waals surface area contributed by atoms with Crippen LogP contribution in [0.5, 0.6) is 0 Å². The van der Waals surface area contributed by atoms with E-state index in [1.165, 1.54) is 6.07 Å². The molecule has 1 heterocycles. The van der Waals surface area contributed by atoms with Gasteiger partial charge < -0.3 is 12.6 Å². The molecule has 0 N–H and O–H groups in total. The number of rotatable bonds is 1. The molecule has 0 spiro atoms. The van der Waals surface area contributed by atoms with E-state index in [4.69, 9.17) is 12.6 Å². The molecule has 0 atom stereocenters. The predicted octanol–water partition coefficient (Wildman–Crippen LogP) is 3.13. The summed E-state index contributed by atoms with van der Waals surface area (Å²) in [6.07, 6.45) is -4.35. The van der Waals surface area contributed by atoms with Gasteiger partial charge in [0.25, 0.3) is 0 Å². The number of halogens is 3. The van der Waals surface area contributed by atoms with Gasteiger partial charge >= 0.3 is 6.18 Å². The van der Waals surface area contributed by atoms with Crippen LogP contribution in [-0.2, 0) is 18.8 Å². The van der Waals surface area contributed by atoms with Crippen LogP contribution in [0.3, 0.4) is 0 Å². The third-order valence-corrected chi connectivity index (χ3v) is 3.10. The number of hydrogen-bond donors (Lipinski definition) is 0. The fourth-order valence-electron chi connectivity index (χ4n) is 1.20. The van der Waals surface area contributed by atoms with E-state index in [1.54, 1.807) is 6.07 Å². The molecule has 84 valence electrons. The summed E-state index contributed by atoms with van der Waals surface area (Å²) < 4.78 is 41.0. The number of nitrogens with zero attached hydrogens (tertiary/aromatic N) is 2. The van der Waals surface area contributed by atoms with Crippen molar-refractivity contribution < 1.29 is 13.2 Å². The average Bonchev–Trinajstić information content (AvgIpc) is 2.63. The second-order valence-electron chi connectivity index (χ2n) is 2.99. The maximum absolute atomic E-state index is 12.5. The fraction of sp³-hybridized carbons (Fsp3) is 0.111. The first kappa shape index (κ1) is 11.3. The van der Waals surface area contributed by atoms with E-state index in [0.29, 0.717) is 10.4 Å². The van der Waals surface area contributed by atoms with E-state index in [9.17, 15) is 13.2 Å². The van der Waals surface area contributed by atoms with Crippen LogP contribution in [0.4, 0.5) is 13.2 Å². The number of benzene rings is 1. The third-order valence-electron chi connectivity index (χ3n) is 1.91. The van der Waals surface area contributed by atoms with Crippen LogP contribution in [0.1, 0.15) is 5.56 Å². The second kappa shape index (κ2) is 3.99. The van der Waals surface area contributed by atoms with Gasteiger partial charge in [0.05, 0.1) is 10.4 Å². The largest absolute Gasteiger partial charge is 0.757 e. The zero-order chi connectivity index (χ0) is 11.8. The van der Waals surface area contributed by atoms with E-state index < -0.39 is 11.7 Å². The lowest BCUT2D eigenvalue weighted by Crippen LogP contribution is -2.04. The molecule has 0 radical (unpaired) electrons. The molecule has 1 aromatic heterocycles. The summed E-state index contributed by atoms with van der Waals surface area (Å²) >= 11 is 5.85. The van der Waals surface area contributed by atoms with Gasteiger partial charge in [-0.1, -0.05) is 16.6 Å². The molecule has 0 aliphatic carbocycles. The Labute approximate surface area is 98.7 Å². The number of alkyl halides is 3. The monoisotopic (exact) mass is 261 g/mol. The molecule has 0 saturated carbocycles. The van der Waals surface area contributed by atoms with E-state index >= 15 is 0 Å². The summed E-state index contributed by atoms with van der Waals surface area (Å²) in [5.74, 6) is 0. The molecule has 2 rings (SSSR count). The fourth-order valence-corrected chi connectivity index (χ4v) is 2.07. The van der Waals surface area contributed by atoms with Crippen molar-refractivity contribution in [1.29, 1.82) is 0 Å². The quantitative estimate of drug-likeness (QED) is 0.738. The maximum atomic E-state index is 12.5. The molecule has 0 fully saturated rings. The SMILES string of the molecule is FC(F)(F)c1cccc(-c2snnc2[S-])c1. The van der Waals surface area contributed by atoms with Crippen LogP contribution >= 0.6 is 11.5 Å². The van der Waals surface area contributed by atoms with Gasteiger partial charge in [0.2, 0.25) is 0 Å². The first-order chi connectivity index (χ1) is 7.48. The molecule has 0 saturated heterocycles. The smallest absolute Gasteiger partial charge is 0.416 e. The van der Waals surface area contributed by atoms with Crippen LogP contribution in [0.25, 0.3) is 10.4 Å². The summed E-state index contributed by atoms with van der Waals surface area (Å²) in [6.45, 7) is 0. The Bertz CT molecular complexity index is 507. The van der Waals surface area contributed by atoms with Crippen molar-refractivity contribution in [3.8, 4) is 10.4 Å². The van der Waals surface area contributed by atoms with Crippen LogP contribution < -0.4 is 0 Å². The van der Waals surface area contributed by atoms with Gasteiger partial charge in [-0.05, 0) is 34.3 Å². The van der Waals surface area contributed by atoms with Crippen molar-refractivity contribution in [3.05, 3.63) is 29.8 Å². The van der Waals surface area contributed by atoms with Crippen molar-refractivity contribution in [2.45, 2.75) is 11.2 Å². The molecule has 1 aromatic carbocycles. The summed E-state index contributed by atoms with van der Waals surface area (Å²) in [7, 11) is 0. The molecule has 0 amide bonds. The maximum Gasteiger partial charge on any atom is 0.416 e. The van der Waals surface area contributed by atoms with E-state index in [2.05, 4.69) is 9.59 Å². The Balaban J connectivity index is 2.49. The molecule has 2 aromatic rings. The molecule has 0 unspecified atom stereocenters. The van der Waals surface area contributed by atoms with Crippen LogP contribution in [0, 0.1) is 0 Å². The molecule has 7 heteroatoms. The molecule has 2 nitrogen and oxygen atoms in total. The van der Waals surface area contributed by atoms with Crippen molar-refractivity contribution in [2.75, 3.05) is 0 Å². The highest BCUT2D eigenvalue weighted by atomic mass is 32.1. The van der Waals surface area contributed by atoms with E-state index in [-0.39, 0.29) is 5.03 Å². The molecule has 0 aliphatic rings. The lowest BCUT2D eigenvalue weighted by molar-refractivity contribution is -0.137. The Kier molecular flexibility index (Phi) is 2.81. The Hall–Kier alpha value is -1.21. The van der Waals surface area contributed by atoms with Gasteiger partial charge in [-0.3, -0.25) is 0 Å². The summed E-state index contributed by atoms with van der Waals surface area (Å²) in [5, 5.41) is 3.81. The van der Waals surface area contributed by atoms with Crippen LogP contribution in [0.15, 0.2) is 29.3 Å². The lowest BCUT2D eigenvalue weighted by Gasteiger charge is -2.09. The first-order valence-electron chi connectivity index (χ1n) is 4.15. The van der Waals surface area contributed by atoms with Crippen LogP contribution in [0.2, 0.25) is 0 Å². The van der Waals surface area contributed by atoms with Crippen molar-refractivity contribution >= 4 is 24.2 Å². The zero-order valence-corrected chi connectivity index (χ0v) is 9.29. The highest BCUT2D eigenvalue weighted by molar-refractivity contribution is 7.59. The molecular weight excluding hydrogens is 257 g/mol. The van der Waals surface area contributed by atoms with Crippen molar-refractivity contribution in [1.82, 2.24) is 9.59 Å². The molecule has 0 bridgehead atoms. The van der Waals surface area contributed by atoms with E-state index in [1.807, 2.05) is 0 Å². The highest BCUT2D eigenvalue weighted by Gasteiger charge is 2.30. The highest BCUT2D eigenvalue weighted by Crippen LogP contribution is 2.33. The van der Waals surface area contributed by atoms with Gasteiger partial charge in [0, 0.05) is 0 Å². The third kappa shape index (κ3) is 2.14. The second-order valence-corrected chi connectivity index (χ2v) is 4.13. The Morgan fingerprint density at radius 2 is 2.00 bits per heavy atom. The standard InChI is InChI=1S/C9H5F3N2S2/c10-9(11,12)6-3-1-2-5(4-6)7-8(15)13-14-16-7/h1-4,15H/p-1. The van der Waals surface area contributed by atoms with E-state index in [0.717, 1.165) is 23.7 Å². The molecular formula is C9H4F3N2S2-. The normalized spacial score (nSPS) is 11.7. The molecule has 0 aliphatic heterocycles. The average molecular weight is 261 g/mol. The first-order valence-corrected chi connectivity index (χ1v) is 5.33. The molecule has 16 heavy (non-hydrogen) atoms. The Morgan fingerprint density at radius 1 is 1.25 bits per heavy atom. The van der Waals surface area contributed by atoms with Gasteiger partial charge in [-0.15, -0.1) is 0 Å². The minimum Gasteiger partial charge on any atom is -0.757 e. The predicted molar refractivity (Wildman–Crippen MR) is 56.0 cm³/mol. The minimum atomic E-state index is -4.35. The van der Waals surface area contributed by atoms with Crippen molar-refractivity contribution in [3.63, 3.8) is 0 Å². The number of aromatic nitrogens is 2. The summed E-state index contributed by atoms with van der Waals surface area (Å²) in [6, 6.07) is 4.96. The van der Waals surface area contributed by atoms with Gasteiger partial charge in [0.1, 0.15) is 0 Å². The van der Waals surface area contributed by atoms with Gasteiger partial charge in [-0.25, -0.2) is 0 Å². The Morgan fingerprint density at radius 3 is 2.56 bits per heavy atom. The zero-order valence-electron chi connectivity index (χ0n) is 7.65.